The Hall–Kier alpha value is -3.18. The predicted octanol–water partition coefficient (Wildman–Crippen LogP) is 3.84. The van der Waals surface area contributed by atoms with E-state index in [0.717, 1.165) is 48.9 Å². The summed E-state index contributed by atoms with van der Waals surface area (Å²) in [6.45, 7) is 3.25. The molecule has 1 aliphatic heterocycles. The number of anilines is 2. The zero-order chi connectivity index (χ0) is 18.5. The van der Waals surface area contributed by atoms with Crippen LogP contribution in [0.5, 0.6) is 0 Å². The second kappa shape index (κ2) is 8.01. The number of pyridine rings is 1. The van der Waals surface area contributed by atoms with E-state index < -0.39 is 0 Å². The van der Waals surface area contributed by atoms with Gasteiger partial charge in [0.25, 0.3) is 5.91 Å². The molecule has 136 valence electrons. The molecule has 5 nitrogen and oxygen atoms in total. The van der Waals surface area contributed by atoms with Gasteiger partial charge >= 0.3 is 0 Å². The first kappa shape index (κ1) is 17.2. The standard InChI is InChI=1S/C22H21N3O2/c26-22(17-7-9-20(10-8-17)25-12-14-27-15-13-25)24-19-5-3-4-18(16-19)21-6-1-2-11-23-21/h1-11,16H,12-15H2,(H,24,26). The Labute approximate surface area is 158 Å². The molecule has 0 saturated carbocycles. The minimum atomic E-state index is -0.123. The van der Waals surface area contributed by atoms with Gasteiger partial charge < -0.3 is 15.0 Å². The lowest BCUT2D eigenvalue weighted by Crippen LogP contribution is -2.36. The summed E-state index contributed by atoms with van der Waals surface area (Å²) in [5.41, 5.74) is 4.35. The Morgan fingerprint density at radius 1 is 0.963 bits per heavy atom. The van der Waals surface area contributed by atoms with Gasteiger partial charge in [0.15, 0.2) is 0 Å². The smallest absolute Gasteiger partial charge is 0.255 e. The Kier molecular flexibility index (Phi) is 5.12. The van der Waals surface area contributed by atoms with E-state index in [0.29, 0.717) is 5.56 Å². The van der Waals surface area contributed by atoms with Crippen LogP contribution in [0.3, 0.4) is 0 Å². The lowest BCUT2D eigenvalue weighted by molar-refractivity contribution is 0.102. The zero-order valence-electron chi connectivity index (χ0n) is 15.0. The number of amides is 1. The monoisotopic (exact) mass is 359 g/mol. The van der Waals surface area contributed by atoms with E-state index >= 15 is 0 Å². The van der Waals surface area contributed by atoms with Gasteiger partial charge in [-0.25, -0.2) is 0 Å². The molecule has 0 radical (unpaired) electrons. The van der Waals surface area contributed by atoms with Crippen LogP contribution in [0.1, 0.15) is 10.4 Å². The molecule has 1 N–H and O–H groups in total. The summed E-state index contributed by atoms with van der Waals surface area (Å²) in [5, 5.41) is 2.97. The second-order valence-corrected chi connectivity index (χ2v) is 6.40. The van der Waals surface area contributed by atoms with Crippen molar-refractivity contribution in [2.24, 2.45) is 0 Å². The molecule has 0 unspecified atom stereocenters. The molecule has 3 aromatic rings. The fraction of sp³-hybridized carbons (Fsp3) is 0.182. The fourth-order valence-electron chi connectivity index (χ4n) is 3.14. The predicted molar refractivity (Wildman–Crippen MR) is 107 cm³/mol. The van der Waals surface area contributed by atoms with E-state index in [4.69, 9.17) is 4.74 Å². The van der Waals surface area contributed by atoms with Gasteiger partial charge in [0.1, 0.15) is 0 Å². The van der Waals surface area contributed by atoms with Crippen LogP contribution in [0.2, 0.25) is 0 Å². The van der Waals surface area contributed by atoms with Gasteiger partial charge in [0.2, 0.25) is 0 Å². The number of carbonyl (C=O) groups excluding carboxylic acids is 1. The van der Waals surface area contributed by atoms with Crippen LogP contribution in [0.15, 0.2) is 72.9 Å². The van der Waals surface area contributed by atoms with Gasteiger partial charge in [-0.1, -0.05) is 18.2 Å². The number of hydrogen-bond donors (Lipinski definition) is 1. The van der Waals surface area contributed by atoms with Crippen molar-refractivity contribution < 1.29 is 9.53 Å². The number of benzene rings is 2. The van der Waals surface area contributed by atoms with Crippen molar-refractivity contribution in [2.45, 2.75) is 0 Å². The molecular weight excluding hydrogens is 338 g/mol. The molecule has 2 aromatic carbocycles. The minimum Gasteiger partial charge on any atom is -0.378 e. The number of rotatable bonds is 4. The van der Waals surface area contributed by atoms with Gasteiger partial charge in [-0.3, -0.25) is 9.78 Å². The van der Waals surface area contributed by atoms with Crippen LogP contribution in [-0.4, -0.2) is 37.2 Å². The lowest BCUT2D eigenvalue weighted by atomic mass is 10.1. The number of nitrogens with zero attached hydrogens (tertiary/aromatic N) is 2. The summed E-state index contributed by atoms with van der Waals surface area (Å²) < 4.78 is 5.38. The van der Waals surface area contributed by atoms with Crippen LogP contribution in [0.25, 0.3) is 11.3 Å². The third-order valence-corrected chi connectivity index (χ3v) is 4.59. The first-order valence-corrected chi connectivity index (χ1v) is 9.05. The summed E-state index contributed by atoms with van der Waals surface area (Å²) in [7, 11) is 0. The van der Waals surface area contributed by atoms with Crippen LogP contribution >= 0.6 is 0 Å². The molecule has 1 aromatic heterocycles. The maximum atomic E-state index is 12.6. The molecule has 1 amide bonds. The molecule has 4 rings (SSSR count). The van der Waals surface area contributed by atoms with Gasteiger partial charge in [-0.15, -0.1) is 0 Å². The Bertz CT molecular complexity index is 904. The maximum absolute atomic E-state index is 12.6. The van der Waals surface area contributed by atoms with Crippen molar-refractivity contribution in [1.29, 1.82) is 0 Å². The third kappa shape index (κ3) is 4.15. The van der Waals surface area contributed by atoms with E-state index in [1.165, 1.54) is 0 Å². The number of ether oxygens (including phenoxy) is 1. The molecule has 1 fully saturated rings. The summed E-state index contributed by atoms with van der Waals surface area (Å²) in [4.78, 5) is 19.2. The summed E-state index contributed by atoms with van der Waals surface area (Å²) in [5.74, 6) is -0.123. The average Bonchev–Trinajstić information content (AvgIpc) is 2.75. The van der Waals surface area contributed by atoms with Crippen molar-refractivity contribution in [2.75, 3.05) is 36.5 Å². The van der Waals surface area contributed by atoms with Crippen molar-refractivity contribution in [3.8, 4) is 11.3 Å². The van der Waals surface area contributed by atoms with Crippen LogP contribution in [0.4, 0.5) is 11.4 Å². The Morgan fingerprint density at radius 2 is 1.78 bits per heavy atom. The molecule has 2 heterocycles. The zero-order valence-corrected chi connectivity index (χ0v) is 15.0. The molecule has 1 saturated heterocycles. The van der Waals surface area contributed by atoms with Crippen molar-refractivity contribution >= 4 is 17.3 Å². The van der Waals surface area contributed by atoms with Crippen molar-refractivity contribution in [3.05, 3.63) is 78.5 Å². The number of aromatic nitrogens is 1. The largest absolute Gasteiger partial charge is 0.378 e. The van der Waals surface area contributed by atoms with E-state index in [9.17, 15) is 4.79 Å². The summed E-state index contributed by atoms with van der Waals surface area (Å²) in [6.07, 6.45) is 1.76. The number of nitrogens with one attached hydrogen (secondary N) is 1. The van der Waals surface area contributed by atoms with Gasteiger partial charge in [-0.05, 0) is 48.5 Å². The quantitative estimate of drug-likeness (QED) is 0.769. The van der Waals surface area contributed by atoms with Crippen LogP contribution < -0.4 is 10.2 Å². The molecule has 0 aliphatic carbocycles. The van der Waals surface area contributed by atoms with Crippen LogP contribution in [-0.2, 0) is 4.74 Å². The first-order valence-electron chi connectivity index (χ1n) is 9.05. The third-order valence-electron chi connectivity index (χ3n) is 4.59. The molecule has 5 heteroatoms. The van der Waals surface area contributed by atoms with Gasteiger partial charge in [-0.2, -0.15) is 0 Å². The fourth-order valence-corrected chi connectivity index (χ4v) is 3.14. The van der Waals surface area contributed by atoms with Gasteiger partial charge in [0.05, 0.1) is 18.9 Å². The minimum absolute atomic E-state index is 0.123. The normalized spacial score (nSPS) is 14.0. The molecular formula is C22H21N3O2. The van der Waals surface area contributed by atoms with Gasteiger partial charge in [0, 0.05) is 41.8 Å². The lowest BCUT2D eigenvalue weighted by Gasteiger charge is -2.28. The van der Waals surface area contributed by atoms with Crippen LogP contribution in [0, 0.1) is 0 Å². The topological polar surface area (TPSA) is 54.5 Å². The highest BCUT2D eigenvalue weighted by Crippen LogP contribution is 2.22. The van der Waals surface area contributed by atoms with E-state index in [1.807, 2.05) is 66.7 Å². The molecule has 27 heavy (non-hydrogen) atoms. The number of hydrogen-bond acceptors (Lipinski definition) is 4. The number of carbonyl (C=O) groups is 1. The highest BCUT2D eigenvalue weighted by atomic mass is 16.5. The molecule has 0 spiro atoms. The van der Waals surface area contributed by atoms with Crippen molar-refractivity contribution in [3.63, 3.8) is 0 Å². The average molecular weight is 359 g/mol. The Balaban J connectivity index is 1.46. The molecule has 1 aliphatic rings. The summed E-state index contributed by atoms with van der Waals surface area (Å²) >= 11 is 0. The maximum Gasteiger partial charge on any atom is 0.255 e. The SMILES string of the molecule is O=C(Nc1cccc(-c2ccccn2)c1)c1ccc(N2CCOCC2)cc1. The van der Waals surface area contributed by atoms with E-state index in [1.54, 1.807) is 6.20 Å². The van der Waals surface area contributed by atoms with E-state index in [-0.39, 0.29) is 5.91 Å². The van der Waals surface area contributed by atoms with E-state index in [2.05, 4.69) is 15.2 Å². The first-order chi connectivity index (χ1) is 13.3. The highest BCUT2D eigenvalue weighted by molar-refractivity contribution is 6.04. The summed E-state index contributed by atoms with van der Waals surface area (Å²) in [6, 6.07) is 21.2. The molecule has 0 bridgehead atoms. The highest BCUT2D eigenvalue weighted by Gasteiger charge is 2.12. The van der Waals surface area contributed by atoms with Crippen molar-refractivity contribution in [1.82, 2.24) is 4.98 Å². The molecule has 0 atom stereocenters. The number of morpholine rings is 1. The second-order valence-electron chi connectivity index (χ2n) is 6.40. The Morgan fingerprint density at radius 3 is 2.52 bits per heavy atom.